The number of aromatic amines is 1. The minimum Gasteiger partial charge on any atom is -0.305 e. The number of nitrogens with zero attached hydrogens (tertiary/aromatic N) is 1. The van der Waals surface area contributed by atoms with E-state index in [1.54, 1.807) is 6.07 Å². The van der Waals surface area contributed by atoms with Crippen molar-refractivity contribution in [3.05, 3.63) is 45.6 Å². The lowest BCUT2D eigenvalue weighted by Gasteiger charge is -2.14. The van der Waals surface area contributed by atoms with Gasteiger partial charge in [-0.15, -0.1) is 0 Å². The summed E-state index contributed by atoms with van der Waals surface area (Å²) in [5.74, 6) is 0.382. The van der Waals surface area contributed by atoms with Gasteiger partial charge in [0.25, 0.3) is 5.91 Å². The van der Waals surface area contributed by atoms with E-state index in [1.807, 2.05) is 25.1 Å². The summed E-state index contributed by atoms with van der Waals surface area (Å²) in [6.45, 7) is 8.21. The molecule has 1 aromatic heterocycles. The highest BCUT2D eigenvalue weighted by atomic mass is 79.9. The first kappa shape index (κ1) is 14.8. The molecule has 1 amide bonds. The second-order valence-corrected chi connectivity index (χ2v) is 6.69. The molecule has 0 spiro atoms. The van der Waals surface area contributed by atoms with Gasteiger partial charge in [0.1, 0.15) is 0 Å². The monoisotopic (exact) mass is 335 g/mol. The maximum Gasteiger partial charge on any atom is 0.256 e. The van der Waals surface area contributed by atoms with Gasteiger partial charge in [-0.1, -0.05) is 36.7 Å². The Kier molecular flexibility index (Phi) is 3.99. The molecule has 0 saturated heterocycles. The molecule has 4 nitrogen and oxygen atoms in total. The van der Waals surface area contributed by atoms with Gasteiger partial charge in [0.15, 0.2) is 5.82 Å². The number of hydrogen-bond donors (Lipinski definition) is 2. The Bertz CT molecular complexity index is 641. The number of hydrogen-bond acceptors (Lipinski definition) is 2. The number of aromatic nitrogens is 2. The third kappa shape index (κ3) is 3.28. The van der Waals surface area contributed by atoms with E-state index in [1.165, 1.54) is 0 Å². The number of aryl methyl sites for hydroxylation is 1. The third-order valence-corrected chi connectivity index (χ3v) is 3.94. The molecule has 0 aliphatic heterocycles. The van der Waals surface area contributed by atoms with E-state index in [2.05, 4.69) is 52.2 Å². The highest BCUT2D eigenvalue weighted by molar-refractivity contribution is 9.10. The number of carbonyl (C=O) groups excluding carboxylic acids is 1. The van der Waals surface area contributed by atoms with Crippen LogP contribution in [0.25, 0.3) is 0 Å². The van der Waals surface area contributed by atoms with E-state index >= 15 is 0 Å². The van der Waals surface area contributed by atoms with Gasteiger partial charge in [0.05, 0.1) is 0 Å². The van der Waals surface area contributed by atoms with E-state index < -0.39 is 0 Å². The van der Waals surface area contributed by atoms with Crippen molar-refractivity contribution in [1.82, 2.24) is 10.2 Å². The van der Waals surface area contributed by atoms with Crippen LogP contribution in [0.15, 0.2) is 28.7 Å². The average Bonchev–Trinajstić information content (AvgIpc) is 2.81. The second kappa shape index (κ2) is 5.40. The molecule has 0 unspecified atom stereocenters. The molecule has 2 rings (SSSR count). The van der Waals surface area contributed by atoms with Crippen LogP contribution < -0.4 is 5.32 Å². The molecule has 2 N–H and O–H groups in total. The summed E-state index contributed by atoms with van der Waals surface area (Å²) in [6, 6.07) is 7.36. The lowest BCUT2D eigenvalue weighted by Crippen LogP contribution is -2.12. The molecular weight excluding hydrogens is 318 g/mol. The summed E-state index contributed by atoms with van der Waals surface area (Å²) in [5.41, 5.74) is 2.60. The van der Waals surface area contributed by atoms with Crippen LogP contribution >= 0.6 is 15.9 Å². The SMILES string of the molecule is Cc1cc(C(=O)Nc2cc(C(C)(C)C)[nH]n2)ccc1Br. The molecule has 20 heavy (non-hydrogen) atoms. The molecule has 2 aromatic rings. The summed E-state index contributed by atoms with van der Waals surface area (Å²) >= 11 is 3.42. The largest absolute Gasteiger partial charge is 0.305 e. The van der Waals surface area contributed by atoms with Gasteiger partial charge < -0.3 is 5.32 Å². The number of rotatable bonds is 2. The fourth-order valence-corrected chi connectivity index (χ4v) is 1.99. The predicted octanol–water partition coefficient (Wildman–Crippen LogP) is 4.03. The van der Waals surface area contributed by atoms with Crippen LogP contribution in [0.3, 0.4) is 0 Å². The van der Waals surface area contributed by atoms with Crippen molar-refractivity contribution in [2.75, 3.05) is 5.32 Å². The lowest BCUT2D eigenvalue weighted by atomic mass is 9.92. The van der Waals surface area contributed by atoms with Gasteiger partial charge >= 0.3 is 0 Å². The van der Waals surface area contributed by atoms with Crippen molar-refractivity contribution in [3.8, 4) is 0 Å². The maximum atomic E-state index is 12.2. The zero-order valence-corrected chi connectivity index (χ0v) is 13.6. The molecule has 0 radical (unpaired) electrons. The Morgan fingerprint density at radius 1 is 1.30 bits per heavy atom. The Morgan fingerprint density at radius 3 is 2.55 bits per heavy atom. The summed E-state index contributed by atoms with van der Waals surface area (Å²) in [4.78, 5) is 12.2. The topological polar surface area (TPSA) is 57.8 Å². The summed E-state index contributed by atoms with van der Waals surface area (Å²) in [5, 5.41) is 9.87. The number of H-pyrrole nitrogens is 1. The standard InChI is InChI=1S/C15H18BrN3O/c1-9-7-10(5-6-11(9)16)14(20)17-13-8-12(18-19-13)15(2,3)4/h5-8H,1-4H3,(H2,17,18,19,20). The van der Waals surface area contributed by atoms with Gasteiger partial charge in [-0.05, 0) is 30.7 Å². The van der Waals surface area contributed by atoms with Crippen molar-refractivity contribution in [2.45, 2.75) is 33.1 Å². The zero-order chi connectivity index (χ0) is 14.9. The molecule has 106 valence electrons. The molecule has 1 heterocycles. The highest BCUT2D eigenvalue weighted by Crippen LogP contribution is 2.22. The summed E-state index contributed by atoms with van der Waals surface area (Å²) in [7, 11) is 0. The van der Waals surface area contributed by atoms with Crippen LogP contribution in [0.4, 0.5) is 5.82 Å². The van der Waals surface area contributed by atoms with E-state index in [0.29, 0.717) is 11.4 Å². The first-order valence-corrected chi connectivity index (χ1v) is 7.20. The van der Waals surface area contributed by atoms with Crippen LogP contribution in [0.5, 0.6) is 0 Å². The van der Waals surface area contributed by atoms with E-state index in [0.717, 1.165) is 15.7 Å². The average molecular weight is 336 g/mol. The Balaban J connectivity index is 2.15. The van der Waals surface area contributed by atoms with Gasteiger partial charge in [0.2, 0.25) is 0 Å². The first-order valence-electron chi connectivity index (χ1n) is 6.41. The maximum absolute atomic E-state index is 12.2. The Morgan fingerprint density at radius 2 is 2.00 bits per heavy atom. The van der Waals surface area contributed by atoms with Crippen LogP contribution in [-0.2, 0) is 5.41 Å². The van der Waals surface area contributed by atoms with E-state index in [4.69, 9.17) is 0 Å². The second-order valence-electron chi connectivity index (χ2n) is 5.83. The van der Waals surface area contributed by atoms with Gasteiger partial charge in [-0.2, -0.15) is 5.10 Å². The number of amides is 1. The fourth-order valence-electron chi connectivity index (χ4n) is 1.74. The van der Waals surface area contributed by atoms with Crippen LogP contribution in [-0.4, -0.2) is 16.1 Å². The molecule has 0 atom stereocenters. The zero-order valence-electron chi connectivity index (χ0n) is 12.0. The molecule has 5 heteroatoms. The van der Waals surface area contributed by atoms with Crippen LogP contribution in [0.2, 0.25) is 0 Å². The lowest BCUT2D eigenvalue weighted by molar-refractivity contribution is 0.102. The number of nitrogens with one attached hydrogen (secondary N) is 2. The predicted molar refractivity (Wildman–Crippen MR) is 84.1 cm³/mol. The summed E-state index contributed by atoms with van der Waals surface area (Å²) < 4.78 is 0.990. The Hall–Kier alpha value is -1.62. The fraction of sp³-hybridized carbons (Fsp3) is 0.333. The van der Waals surface area contributed by atoms with Crippen molar-refractivity contribution in [1.29, 1.82) is 0 Å². The molecule has 0 aliphatic carbocycles. The highest BCUT2D eigenvalue weighted by Gasteiger charge is 2.17. The minimum absolute atomic E-state index is 0.0236. The smallest absolute Gasteiger partial charge is 0.256 e. The third-order valence-electron chi connectivity index (χ3n) is 3.05. The minimum atomic E-state index is -0.160. The summed E-state index contributed by atoms with van der Waals surface area (Å²) in [6.07, 6.45) is 0. The van der Waals surface area contributed by atoms with Gasteiger partial charge in [-0.3, -0.25) is 9.89 Å². The first-order chi connectivity index (χ1) is 9.27. The molecule has 0 aliphatic rings. The quantitative estimate of drug-likeness (QED) is 0.870. The molecule has 0 fully saturated rings. The normalized spacial score (nSPS) is 11.4. The van der Waals surface area contributed by atoms with Crippen molar-refractivity contribution in [2.24, 2.45) is 0 Å². The molecule has 0 bridgehead atoms. The number of benzene rings is 1. The molecule has 1 aromatic carbocycles. The van der Waals surface area contributed by atoms with E-state index in [9.17, 15) is 4.79 Å². The molecular formula is C15H18BrN3O. The van der Waals surface area contributed by atoms with E-state index in [-0.39, 0.29) is 11.3 Å². The Labute approximate surface area is 127 Å². The number of halogens is 1. The molecule has 0 saturated carbocycles. The van der Waals surface area contributed by atoms with Crippen molar-refractivity contribution < 1.29 is 4.79 Å². The number of carbonyl (C=O) groups is 1. The van der Waals surface area contributed by atoms with Crippen LogP contribution in [0.1, 0.15) is 42.4 Å². The van der Waals surface area contributed by atoms with Gasteiger partial charge in [-0.25, -0.2) is 0 Å². The van der Waals surface area contributed by atoms with Crippen molar-refractivity contribution in [3.63, 3.8) is 0 Å². The van der Waals surface area contributed by atoms with Gasteiger partial charge in [0, 0.05) is 27.2 Å². The number of anilines is 1. The van der Waals surface area contributed by atoms with Crippen LogP contribution in [0, 0.1) is 6.92 Å². The van der Waals surface area contributed by atoms with Crippen molar-refractivity contribution >= 4 is 27.7 Å².